The van der Waals surface area contributed by atoms with Crippen LogP contribution in [0.5, 0.6) is 0 Å². The normalized spacial score (nSPS) is 22.8. The number of rotatable bonds is 1. The molecule has 4 nitrogen and oxygen atoms in total. The lowest BCUT2D eigenvalue weighted by Crippen LogP contribution is -2.22. The van der Waals surface area contributed by atoms with E-state index in [-0.39, 0.29) is 5.60 Å². The summed E-state index contributed by atoms with van der Waals surface area (Å²) in [5.41, 5.74) is 0.668. The van der Waals surface area contributed by atoms with E-state index < -0.39 is 0 Å². The Labute approximate surface area is 72.4 Å². The van der Waals surface area contributed by atoms with Crippen molar-refractivity contribution in [2.24, 2.45) is 5.16 Å². The summed E-state index contributed by atoms with van der Waals surface area (Å²) in [6.07, 6.45) is 0.788. The minimum atomic E-state index is -0.231. The van der Waals surface area contributed by atoms with Gasteiger partial charge in [0.15, 0.2) is 0 Å². The Morgan fingerprint density at radius 3 is 2.58 bits per heavy atom. The van der Waals surface area contributed by atoms with E-state index >= 15 is 0 Å². The van der Waals surface area contributed by atoms with Crippen LogP contribution in [0.3, 0.4) is 0 Å². The maximum atomic E-state index is 5.22. The number of hydrogen-bond donors (Lipinski definition) is 0. The lowest BCUT2D eigenvalue weighted by Gasteiger charge is -2.18. The fourth-order valence-electron chi connectivity index (χ4n) is 0.674. The summed E-state index contributed by atoms with van der Waals surface area (Å²) in [4.78, 5) is 14.7. The zero-order chi connectivity index (χ0) is 9.03. The van der Waals surface area contributed by atoms with Gasteiger partial charge in [0.05, 0.1) is 12.3 Å². The van der Waals surface area contributed by atoms with Crippen LogP contribution in [0.15, 0.2) is 5.16 Å². The molecule has 0 radical (unpaired) electrons. The summed E-state index contributed by atoms with van der Waals surface area (Å²) in [7, 11) is 0. The molecule has 0 N–H and O–H groups in total. The molecular formula is C8H15NO3. The van der Waals surface area contributed by atoms with Crippen LogP contribution >= 0.6 is 0 Å². The predicted molar refractivity (Wildman–Crippen MR) is 44.8 cm³/mol. The lowest BCUT2D eigenvalue weighted by atomic mass is 10.2. The zero-order valence-corrected chi connectivity index (χ0v) is 7.79. The Balaban J connectivity index is 2.35. The molecule has 0 atom stereocenters. The van der Waals surface area contributed by atoms with Gasteiger partial charge in [0.2, 0.25) is 0 Å². The average molecular weight is 173 g/mol. The van der Waals surface area contributed by atoms with E-state index in [1.54, 1.807) is 0 Å². The van der Waals surface area contributed by atoms with Crippen molar-refractivity contribution in [2.75, 3.05) is 13.2 Å². The Bertz CT molecular complexity index is 164. The number of nitrogens with zero attached hydrogens (tertiary/aromatic N) is 1. The minimum absolute atomic E-state index is 0.231. The van der Waals surface area contributed by atoms with Crippen molar-refractivity contribution in [2.45, 2.75) is 32.8 Å². The molecule has 70 valence electrons. The Morgan fingerprint density at radius 1 is 1.33 bits per heavy atom. The first-order valence-electron chi connectivity index (χ1n) is 4.06. The highest BCUT2D eigenvalue weighted by Crippen LogP contribution is 2.08. The van der Waals surface area contributed by atoms with Crippen LogP contribution in [0.4, 0.5) is 0 Å². The third-order valence-electron chi connectivity index (χ3n) is 1.23. The monoisotopic (exact) mass is 173 g/mol. The van der Waals surface area contributed by atoms with Crippen LogP contribution in [-0.2, 0) is 14.6 Å². The summed E-state index contributed by atoms with van der Waals surface area (Å²) in [5, 5.41) is 3.97. The quantitative estimate of drug-likeness (QED) is 0.445. The van der Waals surface area contributed by atoms with Crippen molar-refractivity contribution in [1.29, 1.82) is 0 Å². The van der Waals surface area contributed by atoms with Crippen molar-refractivity contribution >= 4 is 5.71 Å². The maximum absolute atomic E-state index is 5.22. The molecule has 1 aliphatic heterocycles. The van der Waals surface area contributed by atoms with Crippen LogP contribution in [0.1, 0.15) is 27.2 Å². The van der Waals surface area contributed by atoms with Crippen LogP contribution in [0.2, 0.25) is 0 Å². The first-order chi connectivity index (χ1) is 5.58. The van der Waals surface area contributed by atoms with E-state index in [4.69, 9.17) is 14.6 Å². The topological polar surface area (TPSA) is 40.0 Å². The molecule has 1 fully saturated rings. The maximum Gasteiger partial charge on any atom is 0.129 e. The molecule has 0 aromatic rings. The molecule has 4 heteroatoms. The minimum Gasteiger partial charge on any atom is -0.390 e. The molecular weight excluding hydrogens is 158 g/mol. The molecule has 0 bridgehead atoms. The summed E-state index contributed by atoms with van der Waals surface area (Å²) in [5.74, 6) is 0. The molecule has 12 heavy (non-hydrogen) atoms. The van der Waals surface area contributed by atoms with Gasteiger partial charge in [0.1, 0.15) is 12.2 Å². The van der Waals surface area contributed by atoms with Crippen LogP contribution < -0.4 is 0 Å². The fourth-order valence-corrected chi connectivity index (χ4v) is 0.674. The molecule has 0 aromatic carbocycles. The van der Waals surface area contributed by atoms with E-state index in [1.165, 1.54) is 0 Å². The van der Waals surface area contributed by atoms with Gasteiger partial charge in [-0.25, -0.2) is 9.78 Å². The molecule has 1 rings (SSSR count). The summed E-state index contributed by atoms with van der Waals surface area (Å²) in [6.45, 7) is 6.84. The SMILES string of the molecule is CC(C)(C)ON=C1CCOOC1. The second-order valence-corrected chi connectivity index (χ2v) is 3.70. The third-order valence-corrected chi connectivity index (χ3v) is 1.23. The van der Waals surface area contributed by atoms with E-state index in [0.717, 1.165) is 12.1 Å². The Morgan fingerprint density at radius 2 is 2.08 bits per heavy atom. The first kappa shape index (κ1) is 9.48. The summed E-state index contributed by atoms with van der Waals surface area (Å²) >= 11 is 0. The molecule has 1 saturated heterocycles. The number of oxime groups is 1. The van der Waals surface area contributed by atoms with Gasteiger partial charge in [-0.2, -0.15) is 0 Å². The molecule has 0 aliphatic carbocycles. The van der Waals surface area contributed by atoms with E-state index in [0.29, 0.717) is 13.2 Å². The van der Waals surface area contributed by atoms with Gasteiger partial charge < -0.3 is 4.84 Å². The van der Waals surface area contributed by atoms with Gasteiger partial charge in [-0.05, 0) is 20.8 Å². The standard InChI is InChI=1S/C8H15NO3/c1-8(2,3)12-9-7-4-5-10-11-6-7/h4-6H2,1-3H3. The molecule has 1 heterocycles. The first-order valence-corrected chi connectivity index (χ1v) is 4.06. The molecule has 0 unspecified atom stereocenters. The van der Waals surface area contributed by atoms with E-state index in [9.17, 15) is 0 Å². The molecule has 1 aliphatic rings. The van der Waals surface area contributed by atoms with Crippen LogP contribution in [-0.4, -0.2) is 24.5 Å². The second kappa shape index (κ2) is 3.87. The fraction of sp³-hybridized carbons (Fsp3) is 0.875. The van der Waals surface area contributed by atoms with Gasteiger partial charge in [-0.3, -0.25) is 0 Å². The Hall–Kier alpha value is -0.610. The predicted octanol–water partition coefficient (Wildman–Crippen LogP) is 1.51. The van der Waals surface area contributed by atoms with E-state index in [2.05, 4.69) is 5.16 Å². The summed E-state index contributed by atoms with van der Waals surface area (Å²) < 4.78 is 0. The summed E-state index contributed by atoms with van der Waals surface area (Å²) in [6, 6.07) is 0. The van der Waals surface area contributed by atoms with Gasteiger partial charge in [0.25, 0.3) is 0 Å². The molecule has 0 amide bonds. The largest absolute Gasteiger partial charge is 0.390 e. The highest BCUT2D eigenvalue weighted by molar-refractivity contribution is 5.85. The van der Waals surface area contributed by atoms with Gasteiger partial charge in [0, 0.05) is 6.42 Å². The lowest BCUT2D eigenvalue weighted by molar-refractivity contribution is -0.290. The molecule has 0 saturated carbocycles. The van der Waals surface area contributed by atoms with Crippen LogP contribution in [0, 0.1) is 0 Å². The van der Waals surface area contributed by atoms with Gasteiger partial charge >= 0.3 is 0 Å². The highest BCUT2D eigenvalue weighted by Gasteiger charge is 2.13. The zero-order valence-electron chi connectivity index (χ0n) is 7.79. The third kappa shape index (κ3) is 3.69. The second-order valence-electron chi connectivity index (χ2n) is 3.70. The molecule has 0 spiro atoms. The number of hydrogen-bond acceptors (Lipinski definition) is 4. The van der Waals surface area contributed by atoms with Gasteiger partial charge in [-0.15, -0.1) is 0 Å². The van der Waals surface area contributed by atoms with Crippen LogP contribution in [0.25, 0.3) is 0 Å². The van der Waals surface area contributed by atoms with Crippen molar-refractivity contribution in [3.63, 3.8) is 0 Å². The van der Waals surface area contributed by atoms with E-state index in [1.807, 2.05) is 20.8 Å². The highest BCUT2D eigenvalue weighted by atomic mass is 17.2. The Kier molecular flexibility index (Phi) is 3.05. The van der Waals surface area contributed by atoms with Crippen molar-refractivity contribution in [3.05, 3.63) is 0 Å². The van der Waals surface area contributed by atoms with Crippen molar-refractivity contribution in [3.8, 4) is 0 Å². The smallest absolute Gasteiger partial charge is 0.129 e. The van der Waals surface area contributed by atoms with Crippen molar-refractivity contribution in [1.82, 2.24) is 0 Å². The van der Waals surface area contributed by atoms with Gasteiger partial charge in [-0.1, -0.05) is 5.16 Å². The van der Waals surface area contributed by atoms with Crippen molar-refractivity contribution < 1.29 is 14.6 Å². The molecule has 0 aromatic heterocycles. The average Bonchev–Trinajstić information content (AvgIpc) is 2.02.